The number of carbonyl (C=O) groups excluding carboxylic acids is 2. The van der Waals surface area contributed by atoms with E-state index in [1.807, 2.05) is 71.8 Å². The molecule has 0 unspecified atom stereocenters. The van der Waals surface area contributed by atoms with Crippen LogP contribution < -0.4 is 25.5 Å². The number of nitrogens with zero attached hydrogens (tertiary/aromatic N) is 4. The van der Waals surface area contributed by atoms with Crippen molar-refractivity contribution in [3.8, 4) is 5.75 Å². The zero-order valence-electron chi connectivity index (χ0n) is 29.8. The zero-order valence-corrected chi connectivity index (χ0v) is 30.8. The Morgan fingerprint density at radius 3 is 2.63 bits per heavy atom. The molecule has 3 aliphatic rings. The summed E-state index contributed by atoms with van der Waals surface area (Å²) in [6.45, 7) is 8.71. The fourth-order valence-corrected chi connectivity index (χ4v) is 12.7. The zero-order chi connectivity index (χ0) is 35.8. The first kappa shape index (κ1) is 35.1. The number of methoxy groups -OCH3 is 1. The van der Waals surface area contributed by atoms with Crippen LogP contribution in [0.4, 0.5) is 11.4 Å². The Morgan fingerprint density at radius 2 is 1.92 bits per heavy atom. The van der Waals surface area contributed by atoms with Crippen LogP contribution >= 0.6 is 0 Å². The largest absolute Gasteiger partial charge is 0.497 e. The normalized spacial score (nSPS) is 24.3. The molecule has 2 fully saturated rings. The maximum Gasteiger partial charge on any atom is 0.264 e. The van der Waals surface area contributed by atoms with Crippen LogP contribution in [0.15, 0.2) is 79.0 Å². The van der Waals surface area contributed by atoms with Crippen LogP contribution in [0.1, 0.15) is 43.0 Å². The molecule has 0 saturated carbocycles. The number of anilines is 2. The van der Waals surface area contributed by atoms with Crippen molar-refractivity contribution < 1.29 is 24.2 Å². The average Bonchev–Trinajstić information content (AvgIpc) is 3.93. The SMILES string of the molecule is COc1ccc([Si](C)(C)[C@H]2[C@H](CCn3cc(CCO)nn3)O[C@@]3(C(=O)N(Cc4ccccc4)c4ccc(NC(=O)[C@H]5CCCN5)cc43)[C@@H]2C)cc1. The predicted molar refractivity (Wildman–Crippen MR) is 199 cm³/mol. The van der Waals surface area contributed by atoms with Gasteiger partial charge in [0.15, 0.2) is 5.60 Å². The van der Waals surface area contributed by atoms with Crippen molar-refractivity contribution in [3.63, 3.8) is 0 Å². The Balaban J connectivity index is 1.30. The van der Waals surface area contributed by atoms with Crippen molar-refractivity contribution in [1.82, 2.24) is 20.3 Å². The van der Waals surface area contributed by atoms with Gasteiger partial charge in [-0.2, -0.15) is 0 Å². The highest BCUT2D eigenvalue weighted by atomic mass is 28.3. The van der Waals surface area contributed by atoms with Crippen molar-refractivity contribution in [2.75, 3.05) is 30.5 Å². The van der Waals surface area contributed by atoms with Gasteiger partial charge in [0.1, 0.15) is 5.75 Å². The number of hydrogen-bond acceptors (Lipinski definition) is 8. The Kier molecular flexibility index (Phi) is 9.86. The van der Waals surface area contributed by atoms with Gasteiger partial charge >= 0.3 is 0 Å². The quantitative estimate of drug-likeness (QED) is 0.185. The summed E-state index contributed by atoms with van der Waals surface area (Å²) in [5.41, 5.74) is 2.80. The lowest BCUT2D eigenvalue weighted by Gasteiger charge is -2.37. The summed E-state index contributed by atoms with van der Waals surface area (Å²) in [6, 6.07) is 24.0. The van der Waals surface area contributed by atoms with E-state index in [9.17, 15) is 9.90 Å². The third-order valence-corrected chi connectivity index (χ3v) is 15.6. The molecule has 3 aromatic carbocycles. The minimum Gasteiger partial charge on any atom is -0.497 e. The summed E-state index contributed by atoms with van der Waals surface area (Å²) in [5, 5.41) is 25.7. The van der Waals surface area contributed by atoms with E-state index < -0.39 is 13.7 Å². The number of nitrogens with one attached hydrogen (secondary N) is 2. The molecule has 11 nitrogen and oxygen atoms in total. The van der Waals surface area contributed by atoms with E-state index in [1.165, 1.54) is 5.19 Å². The molecule has 2 amide bonds. The molecule has 3 aliphatic heterocycles. The Bertz CT molecular complexity index is 1860. The summed E-state index contributed by atoms with van der Waals surface area (Å²) < 4.78 is 14.6. The smallest absolute Gasteiger partial charge is 0.264 e. The number of benzene rings is 3. The monoisotopic (exact) mass is 708 g/mol. The highest BCUT2D eigenvalue weighted by Gasteiger charge is 2.66. The Labute approximate surface area is 300 Å². The number of ether oxygens (including phenoxy) is 2. The number of aliphatic hydroxyl groups excluding tert-OH is 1. The fourth-order valence-electron chi connectivity index (χ4n) is 8.66. The van der Waals surface area contributed by atoms with E-state index >= 15 is 4.79 Å². The van der Waals surface area contributed by atoms with Gasteiger partial charge in [-0.15, -0.1) is 5.10 Å². The Hall–Kier alpha value is -4.36. The standard InChI is InChI=1S/C39H48N6O5Si/c1-26-36(51(3,4)31-15-13-30(49-2)14-16-31)35(18-21-44-25-29(19-22-46)42-43-44)50-39(26)32-23-28(41-37(47)33-11-8-20-40-33)12-17-34(32)45(38(39)48)24-27-9-6-5-7-10-27/h5-7,9-10,12-17,23,25-26,33,35-36,40,46H,8,11,18-22,24H2,1-4H3,(H,41,47)/t26-,33-,35+,36-,39+/m1/s1. The number of fused-ring (bicyclic) bond motifs is 2. The average molecular weight is 709 g/mol. The number of aromatic nitrogens is 3. The second-order valence-corrected chi connectivity index (χ2v) is 19.3. The highest BCUT2D eigenvalue weighted by Crippen LogP contribution is 2.60. The van der Waals surface area contributed by atoms with Gasteiger partial charge in [-0.3, -0.25) is 14.3 Å². The topological polar surface area (TPSA) is 131 Å². The number of amides is 2. The maximum absolute atomic E-state index is 15.2. The summed E-state index contributed by atoms with van der Waals surface area (Å²) in [5.74, 6) is 0.467. The molecule has 4 heterocycles. The van der Waals surface area contributed by atoms with Crippen molar-refractivity contribution in [3.05, 3.63) is 95.8 Å². The third-order valence-electron chi connectivity index (χ3n) is 11.3. The van der Waals surface area contributed by atoms with Crippen LogP contribution in [0.3, 0.4) is 0 Å². The third kappa shape index (κ3) is 6.50. The first-order valence-electron chi connectivity index (χ1n) is 18.0. The van der Waals surface area contributed by atoms with Crippen LogP contribution in [0.2, 0.25) is 18.6 Å². The van der Waals surface area contributed by atoms with E-state index in [0.29, 0.717) is 31.6 Å². The number of rotatable bonds is 12. The summed E-state index contributed by atoms with van der Waals surface area (Å²) in [6.07, 6.45) is 4.43. The van der Waals surface area contributed by atoms with Crippen LogP contribution in [-0.2, 0) is 39.4 Å². The van der Waals surface area contributed by atoms with Gasteiger partial charge in [-0.05, 0) is 67.2 Å². The molecule has 7 rings (SSSR count). The number of aliphatic hydroxyl groups is 1. The highest BCUT2D eigenvalue weighted by molar-refractivity contribution is 6.91. The molecule has 268 valence electrons. The summed E-state index contributed by atoms with van der Waals surface area (Å²) in [7, 11) is -0.687. The molecule has 0 bridgehead atoms. The van der Waals surface area contributed by atoms with E-state index in [1.54, 1.807) is 11.8 Å². The molecule has 12 heteroatoms. The fraction of sp³-hybridized carbons (Fsp3) is 0.436. The van der Waals surface area contributed by atoms with Crippen molar-refractivity contribution in [2.24, 2.45) is 5.92 Å². The Morgan fingerprint density at radius 1 is 1.14 bits per heavy atom. The van der Waals surface area contributed by atoms with E-state index in [4.69, 9.17) is 9.47 Å². The number of aryl methyl sites for hydroxylation is 1. The van der Waals surface area contributed by atoms with E-state index in [2.05, 4.69) is 53.1 Å². The lowest BCUT2D eigenvalue weighted by Crippen LogP contribution is -2.51. The van der Waals surface area contributed by atoms with Gasteiger partial charge in [-0.25, -0.2) is 0 Å². The molecular formula is C39H48N6O5Si. The van der Waals surface area contributed by atoms with Crippen LogP contribution in [0.5, 0.6) is 5.75 Å². The van der Waals surface area contributed by atoms with Gasteiger partial charge in [0.05, 0.1) is 45.3 Å². The van der Waals surface area contributed by atoms with Gasteiger partial charge in [0.25, 0.3) is 5.91 Å². The second kappa shape index (κ2) is 14.3. The van der Waals surface area contributed by atoms with Gasteiger partial charge < -0.3 is 30.1 Å². The molecule has 5 atom stereocenters. The van der Waals surface area contributed by atoms with Crippen molar-refractivity contribution >= 4 is 36.4 Å². The molecular weight excluding hydrogens is 661 g/mol. The first-order valence-corrected chi connectivity index (χ1v) is 21.1. The lowest BCUT2D eigenvalue weighted by molar-refractivity contribution is -0.146. The molecule has 3 N–H and O–H groups in total. The predicted octanol–water partition coefficient (Wildman–Crippen LogP) is 4.37. The summed E-state index contributed by atoms with van der Waals surface area (Å²) >= 11 is 0. The first-order chi connectivity index (χ1) is 24.6. The molecule has 4 aromatic rings. The number of hydrogen-bond donors (Lipinski definition) is 3. The summed E-state index contributed by atoms with van der Waals surface area (Å²) in [4.78, 5) is 30.3. The van der Waals surface area contributed by atoms with E-state index in [0.717, 1.165) is 47.6 Å². The van der Waals surface area contributed by atoms with Crippen molar-refractivity contribution in [1.29, 1.82) is 0 Å². The van der Waals surface area contributed by atoms with Gasteiger partial charge in [-0.1, -0.05) is 72.9 Å². The molecule has 1 spiro atoms. The minimum absolute atomic E-state index is 0.00873. The molecule has 1 aromatic heterocycles. The number of carbonyl (C=O) groups is 2. The van der Waals surface area contributed by atoms with E-state index in [-0.39, 0.29) is 42.0 Å². The van der Waals surface area contributed by atoms with Crippen LogP contribution in [0.25, 0.3) is 0 Å². The lowest BCUT2D eigenvalue weighted by atomic mass is 9.82. The van der Waals surface area contributed by atoms with Crippen LogP contribution in [0, 0.1) is 5.92 Å². The molecule has 0 aliphatic carbocycles. The molecule has 2 saturated heterocycles. The molecule has 0 radical (unpaired) electrons. The van der Waals surface area contributed by atoms with Crippen LogP contribution in [-0.4, -0.2) is 72.4 Å². The second-order valence-electron chi connectivity index (χ2n) is 14.6. The van der Waals surface area contributed by atoms with Gasteiger partial charge in [0.2, 0.25) is 5.91 Å². The van der Waals surface area contributed by atoms with Gasteiger partial charge in [0, 0.05) is 42.9 Å². The molecule has 51 heavy (non-hydrogen) atoms. The van der Waals surface area contributed by atoms with Crippen molar-refractivity contribution in [2.45, 2.75) is 82.1 Å². The minimum atomic E-state index is -2.36. The maximum atomic E-state index is 15.2.